The molecule has 25 heavy (non-hydrogen) atoms. The van der Waals surface area contributed by atoms with Crippen molar-refractivity contribution in [1.29, 1.82) is 0 Å². The van der Waals surface area contributed by atoms with Gasteiger partial charge in [-0.2, -0.15) is 0 Å². The molecular formula is C21H30N2O2. The molecule has 136 valence electrons. The number of urea groups is 1. The van der Waals surface area contributed by atoms with E-state index in [1.807, 2.05) is 29.2 Å². The zero-order valence-electron chi connectivity index (χ0n) is 15.8. The van der Waals surface area contributed by atoms with Crippen LogP contribution in [0.25, 0.3) is 0 Å². The minimum absolute atomic E-state index is 0.0650. The Morgan fingerprint density at radius 2 is 2.08 bits per heavy atom. The smallest absolute Gasteiger partial charge is 0.321 e. The van der Waals surface area contributed by atoms with Crippen molar-refractivity contribution in [1.82, 2.24) is 4.90 Å². The van der Waals surface area contributed by atoms with Gasteiger partial charge in [0.1, 0.15) is 5.75 Å². The second-order valence-electron chi connectivity index (χ2n) is 6.72. The first-order valence-corrected chi connectivity index (χ1v) is 9.10. The van der Waals surface area contributed by atoms with Gasteiger partial charge in [-0.25, -0.2) is 4.79 Å². The molecule has 0 aliphatic heterocycles. The van der Waals surface area contributed by atoms with E-state index in [0.717, 1.165) is 25.9 Å². The summed E-state index contributed by atoms with van der Waals surface area (Å²) < 4.78 is 5.33. The maximum atomic E-state index is 12.9. The summed E-state index contributed by atoms with van der Waals surface area (Å²) in [4.78, 5) is 14.8. The molecule has 0 saturated carbocycles. The van der Waals surface area contributed by atoms with Crippen LogP contribution in [-0.2, 0) is 0 Å². The van der Waals surface area contributed by atoms with E-state index < -0.39 is 0 Å². The van der Waals surface area contributed by atoms with Crippen LogP contribution in [0, 0.1) is 11.8 Å². The van der Waals surface area contributed by atoms with E-state index in [1.54, 1.807) is 7.11 Å². The van der Waals surface area contributed by atoms with Crippen molar-refractivity contribution in [3.63, 3.8) is 0 Å². The molecule has 0 bridgehead atoms. The van der Waals surface area contributed by atoms with Gasteiger partial charge in [0, 0.05) is 19.0 Å². The highest BCUT2D eigenvalue weighted by molar-refractivity contribution is 5.91. The lowest BCUT2D eigenvalue weighted by atomic mass is 9.87. The lowest BCUT2D eigenvalue weighted by molar-refractivity contribution is 0.200. The van der Waals surface area contributed by atoms with Gasteiger partial charge in [-0.05, 0) is 31.4 Å². The molecule has 2 unspecified atom stereocenters. The quantitative estimate of drug-likeness (QED) is 0.749. The number of ether oxygens (including phenoxy) is 1. The number of anilines is 1. The number of methoxy groups -OCH3 is 1. The van der Waals surface area contributed by atoms with Crippen LogP contribution in [0.3, 0.4) is 0 Å². The standard InChI is InChI=1S/C21H30N2O2/c1-5-6-13-23(15-18-12-11-16(2)14-17(18)3)21(24)22-19-9-7-8-10-20(19)25-4/h7-12,14,17-18H,5-6,13,15H2,1-4H3,(H,22,24). The Kier molecular flexibility index (Phi) is 7.11. The molecule has 0 saturated heterocycles. The van der Waals surface area contributed by atoms with E-state index in [-0.39, 0.29) is 6.03 Å². The van der Waals surface area contributed by atoms with Crippen LogP contribution in [0.5, 0.6) is 5.75 Å². The normalized spacial score (nSPS) is 19.3. The Labute approximate surface area is 151 Å². The number of hydrogen-bond donors (Lipinski definition) is 1. The fourth-order valence-corrected chi connectivity index (χ4v) is 3.09. The predicted molar refractivity (Wildman–Crippen MR) is 104 cm³/mol. The highest BCUT2D eigenvalue weighted by atomic mass is 16.5. The highest BCUT2D eigenvalue weighted by Crippen LogP contribution is 2.26. The summed E-state index contributed by atoms with van der Waals surface area (Å²) in [7, 11) is 1.61. The van der Waals surface area contributed by atoms with Crippen molar-refractivity contribution in [2.75, 3.05) is 25.5 Å². The van der Waals surface area contributed by atoms with Gasteiger partial charge >= 0.3 is 6.03 Å². The molecule has 1 aliphatic rings. The molecule has 2 rings (SSSR count). The Balaban J connectivity index is 2.08. The van der Waals surface area contributed by atoms with Crippen molar-refractivity contribution in [2.45, 2.75) is 33.6 Å². The highest BCUT2D eigenvalue weighted by Gasteiger charge is 2.22. The first-order valence-electron chi connectivity index (χ1n) is 9.10. The number of allylic oxidation sites excluding steroid dienone is 3. The molecule has 1 aromatic carbocycles. The summed E-state index contributed by atoms with van der Waals surface area (Å²) in [5, 5.41) is 3.01. The Morgan fingerprint density at radius 1 is 1.32 bits per heavy atom. The third kappa shape index (κ3) is 5.38. The molecule has 1 aliphatic carbocycles. The van der Waals surface area contributed by atoms with Crippen LogP contribution in [0.2, 0.25) is 0 Å². The molecule has 2 atom stereocenters. The molecule has 2 amide bonds. The number of para-hydroxylation sites is 2. The molecule has 1 aromatic rings. The monoisotopic (exact) mass is 342 g/mol. The molecule has 0 radical (unpaired) electrons. The number of nitrogens with one attached hydrogen (secondary N) is 1. The van der Waals surface area contributed by atoms with Crippen LogP contribution in [0.15, 0.2) is 48.1 Å². The molecule has 4 heteroatoms. The molecule has 0 heterocycles. The van der Waals surface area contributed by atoms with Crippen molar-refractivity contribution < 1.29 is 9.53 Å². The zero-order valence-corrected chi connectivity index (χ0v) is 15.8. The summed E-state index contributed by atoms with van der Waals surface area (Å²) in [6, 6.07) is 7.44. The summed E-state index contributed by atoms with van der Waals surface area (Å²) in [5.74, 6) is 1.47. The molecule has 0 fully saturated rings. The largest absolute Gasteiger partial charge is 0.495 e. The Morgan fingerprint density at radius 3 is 2.76 bits per heavy atom. The molecule has 0 aromatic heterocycles. The van der Waals surface area contributed by atoms with Crippen molar-refractivity contribution in [3.05, 3.63) is 48.1 Å². The Hall–Kier alpha value is -2.23. The van der Waals surface area contributed by atoms with E-state index in [2.05, 4.69) is 44.3 Å². The number of carbonyl (C=O) groups is 1. The third-order valence-corrected chi connectivity index (χ3v) is 4.66. The van der Waals surface area contributed by atoms with E-state index in [1.165, 1.54) is 5.57 Å². The number of amides is 2. The molecular weight excluding hydrogens is 312 g/mol. The van der Waals surface area contributed by atoms with Gasteiger partial charge in [0.2, 0.25) is 0 Å². The zero-order chi connectivity index (χ0) is 18.2. The topological polar surface area (TPSA) is 41.6 Å². The van der Waals surface area contributed by atoms with Gasteiger partial charge in [0.15, 0.2) is 0 Å². The number of carbonyl (C=O) groups excluding carboxylic acids is 1. The predicted octanol–water partition coefficient (Wildman–Crippen LogP) is 5.10. The summed E-state index contributed by atoms with van der Waals surface area (Å²) in [6.07, 6.45) is 8.73. The van der Waals surface area contributed by atoms with E-state index in [9.17, 15) is 4.79 Å². The van der Waals surface area contributed by atoms with Gasteiger partial charge in [0.25, 0.3) is 0 Å². The van der Waals surface area contributed by atoms with Crippen molar-refractivity contribution >= 4 is 11.7 Å². The van der Waals surface area contributed by atoms with Crippen LogP contribution in [0.1, 0.15) is 33.6 Å². The summed E-state index contributed by atoms with van der Waals surface area (Å²) in [5.41, 5.74) is 2.00. The molecule has 0 spiro atoms. The van der Waals surface area contributed by atoms with E-state index in [4.69, 9.17) is 4.74 Å². The number of unbranched alkanes of at least 4 members (excludes halogenated alkanes) is 1. The average Bonchev–Trinajstić information content (AvgIpc) is 2.60. The molecule has 4 nitrogen and oxygen atoms in total. The summed E-state index contributed by atoms with van der Waals surface area (Å²) in [6.45, 7) is 7.96. The van der Waals surface area contributed by atoms with Gasteiger partial charge in [-0.1, -0.05) is 56.2 Å². The van der Waals surface area contributed by atoms with Gasteiger partial charge < -0.3 is 15.0 Å². The number of rotatable bonds is 7. The van der Waals surface area contributed by atoms with Crippen LogP contribution in [0.4, 0.5) is 10.5 Å². The fourth-order valence-electron chi connectivity index (χ4n) is 3.09. The van der Waals surface area contributed by atoms with Crippen molar-refractivity contribution in [3.8, 4) is 5.75 Å². The number of nitrogens with zero attached hydrogens (tertiary/aromatic N) is 1. The van der Waals surface area contributed by atoms with Crippen LogP contribution >= 0.6 is 0 Å². The lowest BCUT2D eigenvalue weighted by Gasteiger charge is -2.30. The second kappa shape index (κ2) is 9.30. The van der Waals surface area contributed by atoms with Crippen LogP contribution < -0.4 is 10.1 Å². The van der Waals surface area contributed by atoms with Crippen molar-refractivity contribution in [2.24, 2.45) is 11.8 Å². The minimum atomic E-state index is -0.0650. The van der Waals surface area contributed by atoms with E-state index in [0.29, 0.717) is 23.3 Å². The first kappa shape index (κ1) is 19.1. The number of hydrogen-bond acceptors (Lipinski definition) is 2. The number of benzene rings is 1. The maximum Gasteiger partial charge on any atom is 0.321 e. The lowest BCUT2D eigenvalue weighted by Crippen LogP contribution is -2.40. The van der Waals surface area contributed by atoms with Gasteiger partial charge in [0.05, 0.1) is 12.8 Å². The second-order valence-corrected chi connectivity index (χ2v) is 6.72. The van der Waals surface area contributed by atoms with Crippen LogP contribution in [-0.4, -0.2) is 31.1 Å². The minimum Gasteiger partial charge on any atom is -0.495 e. The fraction of sp³-hybridized carbons (Fsp3) is 0.476. The van der Waals surface area contributed by atoms with Gasteiger partial charge in [-0.3, -0.25) is 0 Å². The third-order valence-electron chi connectivity index (χ3n) is 4.66. The van der Waals surface area contributed by atoms with E-state index >= 15 is 0 Å². The molecule has 1 N–H and O–H groups in total. The van der Waals surface area contributed by atoms with Gasteiger partial charge in [-0.15, -0.1) is 0 Å². The first-order chi connectivity index (χ1) is 12.0. The Bertz CT molecular complexity index is 637. The SMILES string of the molecule is CCCCN(CC1C=CC(C)=CC1C)C(=O)Nc1ccccc1OC. The average molecular weight is 342 g/mol. The maximum absolute atomic E-state index is 12.9. The summed E-state index contributed by atoms with van der Waals surface area (Å²) >= 11 is 0.